The maximum Gasteiger partial charge on any atom is 0.242 e. The molecule has 0 bridgehead atoms. The van der Waals surface area contributed by atoms with Gasteiger partial charge in [-0.2, -0.15) is 0 Å². The summed E-state index contributed by atoms with van der Waals surface area (Å²) >= 11 is 0. The van der Waals surface area contributed by atoms with Gasteiger partial charge in [-0.1, -0.05) is 12.1 Å². The fourth-order valence-corrected chi connectivity index (χ4v) is 3.09. The molecule has 3 rings (SSSR count). The molecular weight excluding hydrogens is 313 g/mol. The molecule has 2 amide bonds. The number of carbonyl (C=O) groups excluding carboxylic acids is 2. The quantitative estimate of drug-likeness (QED) is 0.876. The van der Waals surface area contributed by atoms with Gasteiger partial charge in [0.2, 0.25) is 11.8 Å². The summed E-state index contributed by atoms with van der Waals surface area (Å²) in [4.78, 5) is 27.7. The van der Waals surface area contributed by atoms with Gasteiger partial charge in [0.15, 0.2) is 0 Å². The van der Waals surface area contributed by atoms with Crippen molar-refractivity contribution in [1.29, 1.82) is 0 Å². The number of halogens is 1. The van der Waals surface area contributed by atoms with Crippen molar-refractivity contribution in [2.45, 2.75) is 19.1 Å². The minimum atomic E-state index is -0.298. The monoisotopic (exact) mass is 335 g/mol. The van der Waals surface area contributed by atoms with Crippen molar-refractivity contribution in [3.05, 3.63) is 35.6 Å². The van der Waals surface area contributed by atoms with E-state index in [-0.39, 0.29) is 42.9 Å². The van der Waals surface area contributed by atoms with Crippen LogP contribution >= 0.6 is 0 Å². The number of ether oxygens (including phenoxy) is 1. The minimum Gasteiger partial charge on any atom is -0.367 e. The van der Waals surface area contributed by atoms with Crippen molar-refractivity contribution >= 4 is 11.8 Å². The van der Waals surface area contributed by atoms with Crippen molar-refractivity contribution in [2.24, 2.45) is 0 Å². The predicted molar refractivity (Wildman–Crippen MR) is 85.7 cm³/mol. The Labute approximate surface area is 140 Å². The van der Waals surface area contributed by atoms with Crippen molar-refractivity contribution < 1.29 is 18.7 Å². The van der Waals surface area contributed by atoms with E-state index in [0.29, 0.717) is 26.2 Å². The fourth-order valence-electron chi connectivity index (χ4n) is 3.09. The third-order valence-electron chi connectivity index (χ3n) is 4.37. The number of carbonyl (C=O) groups is 2. The molecule has 2 saturated heterocycles. The van der Waals surface area contributed by atoms with Crippen LogP contribution in [0.2, 0.25) is 0 Å². The van der Waals surface area contributed by atoms with E-state index in [4.69, 9.17) is 4.74 Å². The topological polar surface area (TPSA) is 61.9 Å². The van der Waals surface area contributed by atoms with Gasteiger partial charge >= 0.3 is 0 Å². The standard InChI is InChI=1S/C17H22FN3O3/c1-12-9-21(17(23)11-20-7-6-19-8-16(20)22)10-15(24-12)13-2-4-14(18)5-3-13/h2-5,12,15,19H,6-11H2,1H3/t12-,15+/m0/s1. The number of morpholine rings is 1. The molecule has 6 nitrogen and oxygen atoms in total. The first kappa shape index (κ1) is 16.9. The second kappa shape index (κ2) is 7.27. The summed E-state index contributed by atoms with van der Waals surface area (Å²) in [7, 11) is 0. The number of benzene rings is 1. The van der Waals surface area contributed by atoms with Gasteiger partial charge in [0, 0.05) is 19.6 Å². The zero-order valence-corrected chi connectivity index (χ0v) is 13.7. The summed E-state index contributed by atoms with van der Waals surface area (Å²) in [6.07, 6.45) is -0.395. The van der Waals surface area contributed by atoms with E-state index in [1.54, 1.807) is 21.9 Å². The largest absolute Gasteiger partial charge is 0.367 e. The maximum absolute atomic E-state index is 13.1. The van der Waals surface area contributed by atoms with E-state index in [0.717, 1.165) is 5.56 Å². The Balaban J connectivity index is 1.65. The van der Waals surface area contributed by atoms with E-state index in [9.17, 15) is 14.0 Å². The Hall–Kier alpha value is -1.99. The molecule has 1 aromatic rings. The highest BCUT2D eigenvalue weighted by molar-refractivity contribution is 5.86. The van der Waals surface area contributed by atoms with Gasteiger partial charge in [-0.15, -0.1) is 0 Å². The molecule has 0 aromatic heterocycles. The van der Waals surface area contributed by atoms with Gasteiger partial charge in [0.25, 0.3) is 0 Å². The van der Waals surface area contributed by atoms with E-state index >= 15 is 0 Å². The van der Waals surface area contributed by atoms with Gasteiger partial charge in [-0.25, -0.2) is 4.39 Å². The zero-order chi connectivity index (χ0) is 17.1. The smallest absolute Gasteiger partial charge is 0.242 e. The molecule has 0 unspecified atom stereocenters. The Kier molecular flexibility index (Phi) is 5.11. The molecule has 1 aromatic carbocycles. The molecule has 130 valence electrons. The van der Waals surface area contributed by atoms with E-state index < -0.39 is 0 Å². The van der Waals surface area contributed by atoms with Crippen LogP contribution in [-0.4, -0.2) is 67.0 Å². The summed E-state index contributed by atoms with van der Waals surface area (Å²) < 4.78 is 19.0. The third kappa shape index (κ3) is 3.91. The highest BCUT2D eigenvalue weighted by Crippen LogP contribution is 2.25. The summed E-state index contributed by atoms with van der Waals surface area (Å²) in [5, 5.41) is 2.99. The average molecular weight is 335 g/mol. The summed E-state index contributed by atoms with van der Waals surface area (Å²) in [6.45, 7) is 4.45. The van der Waals surface area contributed by atoms with Crippen LogP contribution in [0, 0.1) is 5.82 Å². The molecule has 2 heterocycles. The minimum absolute atomic E-state index is 0.0500. The van der Waals surface area contributed by atoms with Crippen LogP contribution in [0.5, 0.6) is 0 Å². The molecule has 2 fully saturated rings. The molecular formula is C17H22FN3O3. The molecule has 7 heteroatoms. The Morgan fingerprint density at radius 3 is 2.79 bits per heavy atom. The molecule has 1 N–H and O–H groups in total. The van der Waals surface area contributed by atoms with E-state index in [1.807, 2.05) is 6.92 Å². The van der Waals surface area contributed by atoms with Crippen LogP contribution in [-0.2, 0) is 14.3 Å². The SMILES string of the molecule is C[C@H]1CN(C(=O)CN2CCNCC2=O)C[C@H](c2ccc(F)cc2)O1. The van der Waals surface area contributed by atoms with Crippen LogP contribution in [0.3, 0.4) is 0 Å². The number of hydrogen-bond donors (Lipinski definition) is 1. The second-order valence-corrected chi connectivity index (χ2v) is 6.28. The van der Waals surface area contributed by atoms with Crippen LogP contribution in [0.15, 0.2) is 24.3 Å². The molecule has 2 atom stereocenters. The van der Waals surface area contributed by atoms with Gasteiger partial charge in [-0.3, -0.25) is 9.59 Å². The van der Waals surface area contributed by atoms with Crippen LogP contribution in [0.25, 0.3) is 0 Å². The van der Waals surface area contributed by atoms with Gasteiger partial charge in [0.05, 0.1) is 25.7 Å². The number of amides is 2. The molecule has 0 spiro atoms. The second-order valence-electron chi connectivity index (χ2n) is 6.28. The molecule has 2 aliphatic heterocycles. The van der Waals surface area contributed by atoms with Crippen molar-refractivity contribution in [3.63, 3.8) is 0 Å². The molecule has 0 radical (unpaired) electrons. The lowest BCUT2D eigenvalue weighted by Crippen LogP contribution is -2.54. The first-order chi connectivity index (χ1) is 11.5. The first-order valence-electron chi connectivity index (χ1n) is 8.20. The highest BCUT2D eigenvalue weighted by atomic mass is 19.1. The normalized spacial score (nSPS) is 25.0. The predicted octanol–water partition coefficient (Wildman–Crippen LogP) is 0.546. The van der Waals surface area contributed by atoms with Crippen LogP contribution < -0.4 is 5.32 Å². The summed E-state index contributed by atoms with van der Waals surface area (Å²) in [5.41, 5.74) is 0.846. The van der Waals surface area contributed by atoms with Gasteiger partial charge in [0.1, 0.15) is 11.9 Å². The van der Waals surface area contributed by atoms with Gasteiger partial charge in [-0.05, 0) is 24.6 Å². The lowest BCUT2D eigenvalue weighted by atomic mass is 10.1. The maximum atomic E-state index is 13.1. The highest BCUT2D eigenvalue weighted by Gasteiger charge is 2.31. The van der Waals surface area contributed by atoms with Crippen molar-refractivity contribution in [2.75, 3.05) is 39.3 Å². The van der Waals surface area contributed by atoms with Crippen molar-refractivity contribution in [1.82, 2.24) is 15.1 Å². The summed E-state index contributed by atoms with van der Waals surface area (Å²) in [6, 6.07) is 6.15. The first-order valence-corrected chi connectivity index (χ1v) is 8.20. The number of hydrogen-bond acceptors (Lipinski definition) is 4. The lowest BCUT2D eigenvalue weighted by molar-refractivity contribution is -0.150. The van der Waals surface area contributed by atoms with E-state index in [2.05, 4.69) is 5.32 Å². The molecule has 0 aliphatic carbocycles. The van der Waals surface area contributed by atoms with E-state index in [1.165, 1.54) is 12.1 Å². The Bertz CT molecular complexity index is 608. The number of nitrogens with zero attached hydrogens (tertiary/aromatic N) is 2. The molecule has 2 aliphatic rings. The number of nitrogens with one attached hydrogen (secondary N) is 1. The number of rotatable bonds is 3. The summed E-state index contributed by atoms with van der Waals surface area (Å²) in [5.74, 6) is -0.425. The Morgan fingerprint density at radius 1 is 1.33 bits per heavy atom. The average Bonchev–Trinajstić information content (AvgIpc) is 2.57. The lowest BCUT2D eigenvalue weighted by Gasteiger charge is -2.38. The van der Waals surface area contributed by atoms with Crippen LogP contribution in [0.4, 0.5) is 4.39 Å². The third-order valence-corrected chi connectivity index (χ3v) is 4.37. The molecule has 0 saturated carbocycles. The zero-order valence-electron chi connectivity index (χ0n) is 13.7. The number of piperazine rings is 1. The fraction of sp³-hybridized carbons (Fsp3) is 0.529. The Morgan fingerprint density at radius 2 is 2.08 bits per heavy atom. The van der Waals surface area contributed by atoms with Gasteiger partial charge < -0.3 is 19.9 Å². The molecule has 24 heavy (non-hydrogen) atoms. The van der Waals surface area contributed by atoms with Crippen LogP contribution in [0.1, 0.15) is 18.6 Å². The van der Waals surface area contributed by atoms with Crippen molar-refractivity contribution in [3.8, 4) is 0 Å².